The van der Waals surface area contributed by atoms with Gasteiger partial charge in [-0.15, -0.1) is 11.3 Å². The largest absolute Gasteiger partial charge is 0.373 e. The maximum Gasteiger partial charge on any atom is 0.0888 e. The molecule has 0 aromatic carbocycles. The zero-order valence-electron chi connectivity index (χ0n) is 6.33. The highest BCUT2D eigenvalue weighted by Crippen LogP contribution is 2.20. The van der Waals surface area contributed by atoms with Crippen LogP contribution in [0.4, 0.5) is 0 Å². The monoisotopic (exact) mass is 156 g/mol. The molecule has 1 nitrogen and oxygen atoms in total. The van der Waals surface area contributed by atoms with Gasteiger partial charge < -0.3 is 4.74 Å². The molecule has 0 amide bonds. The van der Waals surface area contributed by atoms with E-state index in [0.717, 1.165) is 6.61 Å². The lowest BCUT2D eigenvalue weighted by Crippen LogP contribution is -1.95. The average Bonchev–Trinajstić information content (AvgIpc) is 2.38. The van der Waals surface area contributed by atoms with Crippen molar-refractivity contribution in [3.8, 4) is 0 Å². The molecule has 1 atom stereocenters. The number of rotatable bonds is 3. The minimum Gasteiger partial charge on any atom is -0.373 e. The van der Waals surface area contributed by atoms with Crippen LogP contribution in [0.3, 0.4) is 0 Å². The molecule has 0 aliphatic rings. The minimum absolute atomic E-state index is 0.269. The molecule has 0 radical (unpaired) electrons. The van der Waals surface area contributed by atoms with E-state index in [1.54, 1.807) is 11.3 Å². The lowest BCUT2D eigenvalue weighted by Gasteiger charge is -2.07. The van der Waals surface area contributed by atoms with Crippen LogP contribution in [0.15, 0.2) is 17.5 Å². The van der Waals surface area contributed by atoms with Crippen LogP contribution in [0.2, 0.25) is 0 Å². The zero-order valence-corrected chi connectivity index (χ0v) is 7.15. The lowest BCUT2D eigenvalue weighted by atomic mass is 10.3. The Balaban J connectivity index is 2.50. The van der Waals surface area contributed by atoms with E-state index >= 15 is 0 Å². The molecular formula is C8H12OS. The first-order valence-electron chi connectivity index (χ1n) is 3.49. The van der Waals surface area contributed by atoms with Crippen molar-refractivity contribution in [3.63, 3.8) is 0 Å². The van der Waals surface area contributed by atoms with E-state index in [0.29, 0.717) is 0 Å². The summed E-state index contributed by atoms with van der Waals surface area (Å²) in [5.74, 6) is 0. The summed E-state index contributed by atoms with van der Waals surface area (Å²) in [5, 5.41) is 2.07. The van der Waals surface area contributed by atoms with Crippen molar-refractivity contribution >= 4 is 11.3 Å². The molecule has 10 heavy (non-hydrogen) atoms. The fraction of sp³-hybridized carbons (Fsp3) is 0.500. The van der Waals surface area contributed by atoms with Crippen molar-refractivity contribution in [1.82, 2.24) is 0 Å². The van der Waals surface area contributed by atoms with Gasteiger partial charge in [-0.3, -0.25) is 0 Å². The Hall–Kier alpha value is -0.340. The molecule has 0 aliphatic carbocycles. The highest BCUT2D eigenvalue weighted by Gasteiger charge is 2.03. The van der Waals surface area contributed by atoms with Crippen LogP contribution in [-0.4, -0.2) is 6.61 Å². The van der Waals surface area contributed by atoms with Gasteiger partial charge in [0.1, 0.15) is 0 Å². The first kappa shape index (κ1) is 7.76. The molecule has 1 aromatic rings. The van der Waals surface area contributed by atoms with Crippen molar-refractivity contribution in [3.05, 3.63) is 22.4 Å². The molecule has 0 bridgehead atoms. The first-order chi connectivity index (χ1) is 4.84. The van der Waals surface area contributed by atoms with E-state index in [-0.39, 0.29) is 6.10 Å². The number of hydrogen-bond donors (Lipinski definition) is 0. The third-order valence-corrected chi connectivity index (χ3v) is 2.39. The summed E-state index contributed by atoms with van der Waals surface area (Å²) in [6.45, 7) is 4.89. The average molecular weight is 156 g/mol. The van der Waals surface area contributed by atoms with Gasteiger partial charge in [-0.2, -0.15) is 0 Å². The van der Waals surface area contributed by atoms with Gasteiger partial charge in [0.25, 0.3) is 0 Å². The van der Waals surface area contributed by atoms with E-state index in [2.05, 4.69) is 24.4 Å². The van der Waals surface area contributed by atoms with Crippen LogP contribution in [0.5, 0.6) is 0 Å². The standard InChI is InChI=1S/C8H12OS/c1-3-9-7(2)8-5-4-6-10-8/h4-7H,3H2,1-2H3/t7-/m0/s1. The molecule has 1 heterocycles. The fourth-order valence-electron chi connectivity index (χ4n) is 0.855. The molecule has 0 unspecified atom stereocenters. The second-order valence-electron chi connectivity index (χ2n) is 2.11. The second-order valence-corrected chi connectivity index (χ2v) is 3.09. The van der Waals surface area contributed by atoms with Crippen LogP contribution >= 0.6 is 11.3 Å². The van der Waals surface area contributed by atoms with Crippen molar-refractivity contribution in [2.24, 2.45) is 0 Å². The molecular weight excluding hydrogens is 144 g/mol. The number of ether oxygens (including phenoxy) is 1. The van der Waals surface area contributed by atoms with Crippen LogP contribution in [0, 0.1) is 0 Å². The quantitative estimate of drug-likeness (QED) is 0.654. The third-order valence-electron chi connectivity index (χ3n) is 1.36. The van der Waals surface area contributed by atoms with Crippen molar-refractivity contribution in [2.45, 2.75) is 20.0 Å². The lowest BCUT2D eigenvalue weighted by molar-refractivity contribution is 0.0789. The Morgan fingerprint density at radius 2 is 2.50 bits per heavy atom. The zero-order chi connectivity index (χ0) is 7.40. The summed E-state index contributed by atoms with van der Waals surface area (Å²) in [5.41, 5.74) is 0. The summed E-state index contributed by atoms with van der Waals surface area (Å²) in [4.78, 5) is 1.31. The molecule has 0 N–H and O–H groups in total. The maximum atomic E-state index is 5.40. The van der Waals surface area contributed by atoms with Crippen LogP contribution in [0.1, 0.15) is 24.8 Å². The molecule has 2 heteroatoms. The third kappa shape index (κ3) is 1.82. The molecule has 0 saturated carbocycles. The topological polar surface area (TPSA) is 9.23 Å². The van der Waals surface area contributed by atoms with Crippen molar-refractivity contribution < 1.29 is 4.74 Å². The highest BCUT2D eigenvalue weighted by molar-refractivity contribution is 7.10. The van der Waals surface area contributed by atoms with Gasteiger partial charge >= 0.3 is 0 Å². The Morgan fingerprint density at radius 1 is 1.70 bits per heavy atom. The SMILES string of the molecule is CCO[C@@H](C)c1cccs1. The van der Waals surface area contributed by atoms with Gasteiger partial charge in [0.15, 0.2) is 0 Å². The van der Waals surface area contributed by atoms with Gasteiger partial charge in [-0.1, -0.05) is 6.07 Å². The van der Waals surface area contributed by atoms with E-state index in [9.17, 15) is 0 Å². The Labute approximate surface area is 65.6 Å². The van der Waals surface area contributed by atoms with Crippen molar-refractivity contribution in [1.29, 1.82) is 0 Å². The summed E-state index contributed by atoms with van der Waals surface area (Å²) in [7, 11) is 0. The molecule has 0 fully saturated rings. The Kier molecular flexibility index (Phi) is 2.90. The first-order valence-corrected chi connectivity index (χ1v) is 4.37. The Morgan fingerprint density at radius 3 is 3.00 bits per heavy atom. The minimum atomic E-state index is 0.269. The normalized spacial score (nSPS) is 13.4. The fourth-order valence-corrected chi connectivity index (χ4v) is 1.59. The van der Waals surface area contributed by atoms with E-state index < -0.39 is 0 Å². The van der Waals surface area contributed by atoms with E-state index in [1.165, 1.54) is 4.88 Å². The Bertz CT molecular complexity index is 169. The predicted molar refractivity (Wildman–Crippen MR) is 44.4 cm³/mol. The van der Waals surface area contributed by atoms with E-state index in [1.807, 2.05) is 6.92 Å². The molecule has 0 aliphatic heterocycles. The smallest absolute Gasteiger partial charge is 0.0888 e. The highest BCUT2D eigenvalue weighted by atomic mass is 32.1. The maximum absolute atomic E-state index is 5.40. The molecule has 1 aromatic heterocycles. The predicted octanol–water partition coefficient (Wildman–Crippen LogP) is 2.85. The van der Waals surface area contributed by atoms with Crippen LogP contribution < -0.4 is 0 Å². The summed E-state index contributed by atoms with van der Waals surface area (Å²) in [6, 6.07) is 4.15. The van der Waals surface area contributed by atoms with Gasteiger partial charge in [0, 0.05) is 11.5 Å². The summed E-state index contributed by atoms with van der Waals surface area (Å²) >= 11 is 1.75. The van der Waals surface area contributed by atoms with E-state index in [4.69, 9.17) is 4.74 Å². The molecule has 0 spiro atoms. The number of hydrogen-bond acceptors (Lipinski definition) is 2. The summed E-state index contributed by atoms with van der Waals surface area (Å²) in [6.07, 6.45) is 0.269. The van der Waals surface area contributed by atoms with Gasteiger partial charge in [0.05, 0.1) is 6.10 Å². The van der Waals surface area contributed by atoms with Crippen LogP contribution in [-0.2, 0) is 4.74 Å². The molecule has 56 valence electrons. The van der Waals surface area contributed by atoms with Gasteiger partial charge in [0.2, 0.25) is 0 Å². The second kappa shape index (κ2) is 3.74. The van der Waals surface area contributed by atoms with Crippen molar-refractivity contribution in [2.75, 3.05) is 6.61 Å². The summed E-state index contributed by atoms with van der Waals surface area (Å²) < 4.78 is 5.40. The van der Waals surface area contributed by atoms with Gasteiger partial charge in [-0.05, 0) is 25.3 Å². The molecule has 1 rings (SSSR count). The number of thiophene rings is 1. The molecule has 0 saturated heterocycles. The van der Waals surface area contributed by atoms with Gasteiger partial charge in [-0.25, -0.2) is 0 Å². The van der Waals surface area contributed by atoms with Crippen LogP contribution in [0.25, 0.3) is 0 Å².